The summed E-state index contributed by atoms with van der Waals surface area (Å²) in [4.78, 5) is 0. The van der Waals surface area contributed by atoms with Crippen LogP contribution in [0.15, 0.2) is 42.5 Å². The van der Waals surface area contributed by atoms with Gasteiger partial charge in [0.2, 0.25) is 0 Å². The van der Waals surface area contributed by atoms with Crippen LogP contribution in [0.25, 0.3) is 0 Å². The van der Waals surface area contributed by atoms with Gasteiger partial charge in [-0.2, -0.15) is 0 Å². The molecule has 2 N–H and O–H groups in total. The van der Waals surface area contributed by atoms with E-state index in [1.54, 1.807) is 0 Å². The van der Waals surface area contributed by atoms with Crippen molar-refractivity contribution in [1.29, 1.82) is 0 Å². The van der Waals surface area contributed by atoms with E-state index in [9.17, 15) is 4.39 Å². The molecular formula is C19H22FN. The van der Waals surface area contributed by atoms with Crippen molar-refractivity contribution < 1.29 is 4.39 Å². The number of hydrogen-bond donors (Lipinski definition) is 1. The molecule has 1 aliphatic carbocycles. The molecule has 0 bridgehead atoms. The van der Waals surface area contributed by atoms with Crippen LogP contribution in [-0.4, -0.2) is 0 Å². The van der Waals surface area contributed by atoms with Crippen LogP contribution in [0.1, 0.15) is 42.0 Å². The summed E-state index contributed by atoms with van der Waals surface area (Å²) in [6.45, 7) is 2.06. The second-order valence-corrected chi connectivity index (χ2v) is 6.41. The fraction of sp³-hybridized carbons (Fsp3) is 0.368. The van der Waals surface area contributed by atoms with Gasteiger partial charge in [0.1, 0.15) is 5.82 Å². The molecule has 2 aromatic carbocycles. The molecule has 0 radical (unpaired) electrons. The van der Waals surface area contributed by atoms with Gasteiger partial charge in [-0.25, -0.2) is 4.39 Å². The highest BCUT2D eigenvalue weighted by molar-refractivity contribution is 5.37. The molecule has 21 heavy (non-hydrogen) atoms. The van der Waals surface area contributed by atoms with Gasteiger partial charge in [0.05, 0.1) is 0 Å². The van der Waals surface area contributed by atoms with Gasteiger partial charge in [-0.1, -0.05) is 30.3 Å². The van der Waals surface area contributed by atoms with Gasteiger partial charge in [0.25, 0.3) is 0 Å². The SMILES string of the molecule is CC(N)(Cc1ccc(F)cc1)c1ccc2c(c1)CCCC2. The zero-order chi connectivity index (χ0) is 14.9. The molecule has 0 aromatic heterocycles. The van der Waals surface area contributed by atoms with Crippen LogP contribution in [-0.2, 0) is 24.8 Å². The summed E-state index contributed by atoms with van der Waals surface area (Å²) < 4.78 is 13.0. The van der Waals surface area contributed by atoms with Gasteiger partial charge in [-0.15, -0.1) is 0 Å². The maximum Gasteiger partial charge on any atom is 0.123 e. The molecule has 3 rings (SSSR count). The second kappa shape index (κ2) is 5.61. The summed E-state index contributed by atoms with van der Waals surface area (Å²) in [5.41, 5.74) is 11.3. The van der Waals surface area contributed by atoms with Crippen LogP contribution in [0.2, 0.25) is 0 Å². The molecule has 1 aliphatic rings. The van der Waals surface area contributed by atoms with Crippen molar-refractivity contribution in [1.82, 2.24) is 0 Å². The van der Waals surface area contributed by atoms with Crippen molar-refractivity contribution in [2.45, 2.75) is 44.6 Å². The highest BCUT2D eigenvalue weighted by atomic mass is 19.1. The van der Waals surface area contributed by atoms with Crippen molar-refractivity contribution in [2.24, 2.45) is 5.73 Å². The third-order valence-electron chi connectivity index (χ3n) is 4.49. The van der Waals surface area contributed by atoms with Gasteiger partial charge in [0.15, 0.2) is 0 Å². The van der Waals surface area contributed by atoms with Gasteiger partial charge in [0, 0.05) is 5.54 Å². The number of aryl methyl sites for hydroxylation is 2. The summed E-state index contributed by atoms with van der Waals surface area (Å²) in [7, 11) is 0. The summed E-state index contributed by atoms with van der Waals surface area (Å²) in [5, 5.41) is 0. The summed E-state index contributed by atoms with van der Waals surface area (Å²) in [5.74, 6) is -0.203. The highest BCUT2D eigenvalue weighted by Gasteiger charge is 2.23. The molecule has 1 atom stereocenters. The van der Waals surface area contributed by atoms with Crippen molar-refractivity contribution in [2.75, 3.05) is 0 Å². The van der Waals surface area contributed by atoms with E-state index in [4.69, 9.17) is 5.73 Å². The molecule has 1 nitrogen and oxygen atoms in total. The van der Waals surface area contributed by atoms with E-state index in [-0.39, 0.29) is 5.82 Å². The van der Waals surface area contributed by atoms with E-state index in [1.807, 2.05) is 12.1 Å². The standard InChI is InChI=1S/C19H22FN/c1-19(21,13-14-6-10-18(20)11-7-14)17-9-8-15-4-2-3-5-16(15)12-17/h6-12H,2-5,13,21H2,1H3. The molecule has 0 amide bonds. The fourth-order valence-corrected chi connectivity index (χ4v) is 3.22. The minimum Gasteiger partial charge on any atom is -0.321 e. The normalized spacial score (nSPS) is 17.1. The zero-order valence-corrected chi connectivity index (χ0v) is 12.5. The Balaban J connectivity index is 1.85. The lowest BCUT2D eigenvalue weighted by atomic mass is 9.82. The monoisotopic (exact) mass is 283 g/mol. The lowest BCUT2D eigenvalue weighted by Crippen LogP contribution is -2.35. The average molecular weight is 283 g/mol. The fourth-order valence-electron chi connectivity index (χ4n) is 3.22. The van der Waals surface area contributed by atoms with Crippen LogP contribution in [0.3, 0.4) is 0 Å². The average Bonchev–Trinajstić information content (AvgIpc) is 2.49. The molecule has 0 aliphatic heterocycles. The van der Waals surface area contributed by atoms with Crippen LogP contribution >= 0.6 is 0 Å². The Morgan fingerprint density at radius 2 is 1.67 bits per heavy atom. The number of benzene rings is 2. The Morgan fingerprint density at radius 1 is 1.00 bits per heavy atom. The third kappa shape index (κ3) is 3.16. The van der Waals surface area contributed by atoms with Crippen molar-refractivity contribution in [3.8, 4) is 0 Å². The van der Waals surface area contributed by atoms with Gasteiger partial charge >= 0.3 is 0 Å². The Morgan fingerprint density at radius 3 is 2.38 bits per heavy atom. The van der Waals surface area contributed by atoms with Crippen LogP contribution in [0.5, 0.6) is 0 Å². The number of rotatable bonds is 3. The summed E-state index contributed by atoms with van der Waals surface area (Å²) in [6, 6.07) is 13.3. The quantitative estimate of drug-likeness (QED) is 0.901. The van der Waals surface area contributed by atoms with Gasteiger partial charge in [-0.05, 0) is 73.4 Å². The number of fused-ring (bicyclic) bond motifs is 1. The molecule has 110 valence electrons. The predicted octanol–water partition coefficient (Wildman–Crippen LogP) is 4.12. The van der Waals surface area contributed by atoms with Gasteiger partial charge in [-0.3, -0.25) is 0 Å². The highest BCUT2D eigenvalue weighted by Crippen LogP contribution is 2.28. The Labute approximate surface area is 126 Å². The molecule has 1 unspecified atom stereocenters. The molecule has 0 fully saturated rings. The Hall–Kier alpha value is -1.67. The van der Waals surface area contributed by atoms with Crippen LogP contribution in [0, 0.1) is 5.82 Å². The molecule has 0 saturated carbocycles. The van der Waals surface area contributed by atoms with E-state index in [2.05, 4.69) is 25.1 Å². The van der Waals surface area contributed by atoms with Crippen LogP contribution in [0.4, 0.5) is 4.39 Å². The molecule has 0 spiro atoms. The Bertz CT molecular complexity index is 629. The zero-order valence-electron chi connectivity index (χ0n) is 12.5. The largest absolute Gasteiger partial charge is 0.321 e. The molecule has 2 aromatic rings. The van der Waals surface area contributed by atoms with E-state index < -0.39 is 5.54 Å². The molecule has 0 saturated heterocycles. The van der Waals surface area contributed by atoms with E-state index in [1.165, 1.54) is 48.1 Å². The summed E-state index contributed by atoms with van der Waals surface area (Å²) in [6.07, 6.45) is 5.63. The van der Waals surface area contributed by atoms with Crippen molar-refractivity contribution >= 4 is 0 Å². The van der Waals surface area contributed by atoms with Crippen LogP contribution < -0.4 is 5.73 Å². The lowest BCUT2D eigenvalue weighted by molar-refractivity contribution is 0.489. The maximum atomic E-state index is 13.0. The first-order valence-corrected chi connectivity index (χ1v) is 7.70. The number of halogens is 1. The third-order valence-corrected chi connectivity index (χ3v) is 4.49. The first kappa shape index (κ1) is 14.3. The molecular weight excluding hydrogens is 261 g/mol. The predicted molar refractivity (Wildman–Crippen MR) is 84.7 cm³/mol. The lowest BCUT2D eigenvalue weighted by Gasteiger charge is -2.27. The molecule has 0 heterocycles. The summed E-state index contributed by atoms with van der Waals surface area (Å²) >= 11 is 0. The van der Waals surface area contributed by atoms with Crippen molar-refractivity contribution in [3.05, 3.63) is 70.5 Å². The van der Waals surface area contributed by atoms with Gasteiger partial charge < -0.3 is 5.73 Å². The minimum absolute atomic E-state index is 0.203. The smallest absolute Gasteiger partial charge is 0.123 e. The number of hydrogen-bond acceptors (Lipinski definition) is 1. The minimum atomic E-state index is -0.426. The Kier molecular flexibility index (Phi) is 3.81. The first-order chi connectivity index (χ1) is 10.0. The maximum absolute atomic E-state index is 13.0. The van der Waals surface area contributed by atoms with Crippen molar-refractivity contribution in [3.63, 3.8) is 0 Å². The number of nitrogens with two attached hydrogens (primary N) is 1. The first-order valence-electron chi connectivity index (χ1n) is 7.70. The second-order valence-electron chi connectivity index (χ2n) is 6.41. The van der Waals surface area contributed by atoms with E-state index in [0.29, 0.717) is 6.42 Å². The molecule has 2 heteroatoms. The van der Waals surface area contributed by atoms with E-state index in [0.717, 1.165) is 12.0 Å². The van der Waals surface area contributed by atoms with E-state index >= 15 is 0 Å². The topological polar surface area (TPSA) is 26.0 Å².